The molecule has 27 heavy (non-hydrogen) atoms. The van der Waals surface area contributed by atoms with Crippen LogP contribution < -0.4 is 5.32 Å². The van der Waals surface area contributed by atoms with Gasteiger partial charge >= 0.3 is 0 Å². The fourth-order valence-corrected chi connectivity index (χ4v) is 4.37. The molecule has 0 radical (unpaired) electrons. The van der Waals surface area contributed by atoms with E-state index in [0.717, 1.165) is 30.6 Å². The summed E-state index contributed by atoms with van der Waals surface area (Å²) in [5.41, 5.74) is 3.23. The van der Waals surface area contributed by atoms with Gasteiger partial charge < -0.3 is 10.2 Å². The van der Waals surface area contributed by atoms with Crippen LogP contribution in [0.15, 0.2) is 42.5 Å². The van der Waals surface area contributed by atoms with Gasteiger partial charge in [-0.15, -0.1) is 0 Å². The van der Waals surface area contributed by atoms with E-state index >= 15 is 0 Å². The Morgan fingerprint density at radius 3 is 2.37 bits per heavy atom. The number of benzene rings is 2. The number of rotatable bonds is 4. The van der Waals surface area contributed by atoms with Gasteiger partial charge in [0.25, 0.3) is 5.91 Å². The molecule has 2 atom stereocenters. The maximum absolute atomic E-state index is 13.1. The molecule has 3 nitrogen and oxygen atoms in total. The second-order valence-corrected chi connectivity index (χ2v) is 8.47. The van der Waals surface area contributed by atoms with Crippen molar-refractivity contribution in [1.82, 2.24) is 10.2 Å². The molecule has 142 valence electrons. The normalized spacial score (nSPS) is 22.5. The minimum absolute atomic E-state index is 0.0781. The van der Waals surface area contributed by atoms with E-state index in [-0.39, 0.29) is 17.9 Å². The highest BCUT2D eigenvalue weighted by molar-refractivity contribution is 6.42. The number of hydrogen-bond donors (Lipinski definition) is 1. The Balaban J connectivity index is 1.54. The summed E-state index contributed by atoms with van der Waals surface area (Å²) in [5.74, 6) is 0.970. The molecule has 2 aromatic carbocycles. The van der Waals surface area contributed by atoms with E-state index in [9.17, 15) is 4.79 Å². The van der Waals surface area contributed by atoms with Crippen LogP contribution in [-0.2, 0) is 0 Å². The zero-order valence-electron chi connectivity index (χ0n) is 15.4. The maximum Gasteiger partial charge on any atom is 0.253 e. The minimum atomic E-state index is 0.0781. The lowest BCUT2D eigenvalue weighted by Crippen LogP contribution is -2.49. The number of piperidine rings is 1. The number of hydrogen-bond acceptors (Lipinski definition) is 2. The Morgan fingerprint density at radius 2 is 1.70 bits per heavy atom. The van der Waals surface area contributed by atoms with Gasteiger partial charge in [0.15, 0.2) is 0 Å². The zero-order chi connectivity index (χ0) is 19.0. The van der Waals surface area contributed by atoms with Crippen LogP contribution in [0.2, 0.25) is 10.0 Å². The van der Waals surface area contributed by atoms with Gasteiger partial charge in [-0.25, -0.2) is 0 Å². The molecule has 1 aliphatic carbocycles. The molecule has 1 aliphatic heterocycles. The first-order valence-electron chi connectivity index (χ1n) is 9.57. The third-order valence-electron chi connectivity index (χ3n) is 5.84. The lowest BCUT2D eigenvalue weighted by Gasteiger charge is -2.39. The Hall–Kier alpha value is -1.55. The molecule has 0 bridgehead atoms. The van der Waals surface area contributed by atoms with Gasteiger partial charge in [-0.2, -0.15) is 0 Å². The first kappa shape index (κ1) is 18.8. The van der Waals surface area contributed by atoms with Crippen molar-refractivity contribution >= 4 is 29.1 Å². The van der Waals surface area contributed by atoms with Crippen molar-refractivity contribution in [3.05, 3.63) is 69.2 Å². The highest BCUT2D eigenvalue weighted by atomic mass is 35.5. The van der Waals surface area contributed by atoms with Crippen molar-refractivity contribution in [3.8, 4) is 0 Å². The van der Waals surface area contributed by atoms with Crippen LogP contribution in [0.3, 0.4) is 0 Å². The number of amides is 1. The Kier molecular flexibility index (Phi) is 5.45. The molecule has 2 fully saturated rings. The van der Waals surface area contributed by atoms with Crippen molar-refractivity contribution in [2.45, 2.75) is 37.1 Å². The number of nitrogens with zero attached hydrogens (tertiary/aromatic N) is 1. The van der Waals surface area contributed by atoms with E-state index in [2.05, 4.69) is 17.4 Å². The fourth-order valence-electron chi connectivity index (χ4n) is 4.06. The summed E-state index contributed by atoms with van der Waals surface area (Å²) < 4.78 is 0. The first-order valence-corrected chi connectivity index (χ1v) is 10.3. The number of nitrogens with one attached hydrogen (secondary N) is 1. The predicted octanol–water partition coefficient (Wildman–Crippen LogP) is 5.09. The van der Waals surface area contributed by atoms with Crippen LogP contribution in [0.1, 0.15) is 52.6 Å². The topological polar surface area (TPSA) is 32.3 Å². The van der Waals surface area contributed by atoms with Crippen LogP contribution >= 0.6 is 23.2 Å². The van der Waals surface area contributed by atoms with Crippen LogP contribution in [0.4, 0.5) is 0 Å². The minimum Gasteiger partial charge on any atom is -0.338 e. The highest BCUT2D eigenvalue weighted by Gasteiger charge is 2.32. The number of carbonyl (C=O) groups is 1. The van der Waals surface area contributed by atoms with Crippen LogP contribution in [0.5, 0.6) is 0 Å². The number of likely N-dealkylation sites (N-methyl/N-ethyl adjacent to an activating group) is 1. The van der Waals surface area contributed by atoms with Gasteiger partial charge in [0, 0.05) is 31.1 Å². The van der Waals surface area contributed by atoms with Crippen LogP contribution in [0.25, 0.3) is 0 Å². The molecule has 0 spiro atoms. The lowest BCUT2D eigenvalue weighted by atomic mass is 9.85. The van der Waals surface area contributed by atoms with Gasteiger partial charge in [-0.05, 0) is 67.1 Å². The summed E-state index contributed by atoms with van der Waals surface area (Å²) in [6, 6.07) is 14.1. The monoisotopic (exact) mass is 402 g/mol. The largest absolute Gasteiger partial charge is 0.338 e. The Labute approximate surface area is 170 Å². The third kappa shape index (κ3) is 4.01. The lowest BCUT2D eigenvalue weighted by molar-refractivity contribution is 0.0679. The van der Waals surface area contributed by atoms with Crippen LogP contribution in [0, 0.1) is 0 Å². The molecular weight excluding hydrogens is 379 g/mol. The van der Waals surface area contributed by atoms with E-state index < -0.39 is 0 Å². The molecule has 1 N–H and O–H groups in total. The third-order valence-corrected chi connectivity index (χ3v) is 6.58. The summed E-state index contributed by atoms with van der Waals surface area (Å²) >= 11 is 12.3. The average molecular weight is 403 g/mol. The molecule has 4 rings (SSSR count). The summed E-state index contributed by atoms with van der Waals surface area (Å²) in [7, 11) is 1.91. The van der Waals surface area contributed by atoms with Crippen molar-refractivity contribution < 1.29 is 4.79 Å². The number of halogens is 2. The van der Waals surface area contributed by atoms with Gasteiger partial charge in [-0.1, -0.05) is 41.4 Å². The molecule has 2 aliphatic rings. The van der Waals surface area contributed by atoms with E-state index in [1.807, 2.05) is 42.3 Å². The van der Waals surface area contributed by atoms with Crippen molar-refractivity contribution in [3.63, 3.8) is 0 Å². The summed E-state index contributed by atoms with van der Waals surface area (Å²) in [4.78, 5) is 15.0. The Bertz CT molecular complexity index is 833. The summed E-state index contributed by atoms with van der Waals surface area (Å²) in [5, 5.41) is 4.56. The smallest absolute Gasteiger partial charge is 0.253 e. The SMILES string of the molecule is CN(C(=O)c1ccc(C2CC2)cc1)[C@@H]1CCNC[C@H]1c1ccc(Cl)c(Cl)c1. The van der Waals surface area contributed by atoms with Crippen LogP contribution in [-0.4, -0.2) is 37.0 Å². The summed E-state index contributed by atoms with van der Waals surface area (Å²) in [6.07, 6.45) is 3.45. The maximum atomic E-state index is 13.1. The molecule has 1 heterocycles. The molecule has 1 saturated carbocycles. The Morgan fingerprint density at radius 1 is 1.00 bits per heavy atom. The molecule has 0 aromatic heterocycles. The van der Waals surface area contributed by atoms with E-state index in [0.29, 0.717) is 16.0 Å². The molecule has 1 saturated heterocycles. The zero-order valence-corrected chi connectivity index (χ0v) is 16.9. The van der Waals surface area contributed by atoms with E-state index in [1.54, 1.807) is 0 Å². The average Bonchev–Trinajstić information content (AvgIpc) is 3.54. The molecule has 5 heteroatoms. The highest BCUT2D eigenvalue weighted by Crippen LogP contribution is 2.40. The first-order chi connectivity index (χ1) is 13.0. The molecule has 2 aromatic rings. The van der Waals surface area contributed by atoms with E-state index in [1.165, 1.54) is 18.4 Å². The standard InChI is InChI=1S/C22H24Cl2N2O/c1-26(22(27)16-6-4-15(5-7-16)14-2-3-14)21-10-11-25-13-18(21)17-8-9-19(23)20(24)12-17/h4-9,12,14,18,21,25H,2-3,10-11,13H2,1H3/t18-,21+/m0/s1. The second-order valence-electron chi connectivity index (χ2n) is 7.65. The van der Waals surface area contributed by atoms with Gasteiger partial charge in [0.1, 0.15) is 0 Å². The fraction of sp³-hybridized carbons (Fsp3) is 0.409. The molecule has 0 unspecified atom stereocenters. The van der Waals surface area contributed by atoms with Gasteiger partial charge in [0.05, 0.1) is 10.0 Å². The predicted molar refractivity (Wildman–Crippen MR) is 111 cm³/mol. The molecule has 1 amide bonds. The molecular formula is C22H24Cl2N2O. The van der Waals surface area contributed by atoms with E-state index in [4.69, 9.17) is 23.2 Å². The van der Waals surface area contributed by atoms with Crippen molar-refractivity contribution in [2.75, 3.05) is 20.1 Å². The quantitative estimate of drug-likeness (QED) is 0.772. The number of carbonyl (C=O) groups excluding carboxylic acids is 1. The van der Waals surface area contributed by atoms with Gasteiger partial charge in [0.2, 0.25) is 0 Å². The van der Waals surface area contributed by atoms with Crippen molar-refractivity contribution in [1.29, 1.82) is 0 Å². The second kappa shape index (κ2) is 7.83. The van der Waals surface area contributed by atoms with Crippen molar-refractivity contribution in [2.24, 2.45) is 0 Å². The van der Waals surface area contributed by atoms with Gasteiger partial charge in [-0.3, -0.25) is 4.79 Å². The summed E-state index contributed by atoms with van der Waals surface area (Å²) in [6.45, 7) is 1.72.